The summed E-state index contributed by atoms with van der Waals surface area (Å²) in [5.74, 6) is 0.0452. The maximum Gasteiger partial charge on any atom is 0.297 e. The van der Waals surface area contributed by atoms with Gasteiger partial charge in [0.05, 0.1) is 0 Å². The van der Waals surface area contributed by atoms with Crippen molar-refractivity contribution in [1.29, 1.82) is 0 Å². The topological polar surface area (TPSA) is 85.1 Å². The van der Waals surface area contributed by atoms with Crippen LogP contribution in [-0.4, -0.2) is 30.5 Å². The number of halogens is 1. The van der Waals surface area contributed by atoms with Crippen molar-refractivity contribution in [2.24, 2.45) is 0 Å². The standard InChI is InChI=1S/C19H17ClN6OS/c1-10-4-5-13(8-15(10)20)7-14-9-21-19(28-14)24-17(27)16-23-18-22-11(2)6-12(3)26(18)25-16/h4-6,8-9H,7H2,1-3H3,(H,21,24,27). The summed E-state index contributed by atoms with van der Waals surface area (Å²) in [4.78, 5) is 26.3. The van der Waals surface area contributed by atoms with Gasteiger partial charge in [-0.05, 0) is 44.0 Å². The number of benzene rings is 1. The van der Waals surface area contributed by atoms with E-state index in [4.69, 9.17) is 11.6 Å². The summed E-state index contributed by atoms with van der Waals surface area (Å²) in [7, 11) is 0. The van der Waals surface area contributed by atoms with E-state index in [1.54, 1.807) is 10.7 Å². The number of aryl methyl sites for hydroxylation is 3. The monoisotopic (exact) mass is 412 g/mol. The van der Waals surface area contributed by atoms with Crippen molar-refractivity contribution in [3.05, 3.63) is 68.7 Å². The Hall–Kier alpha value is -2.84. The smallest absolute Gasteiger partial charge is 0.295 e. The van der Waals surface area contributed by atoms with Gasteiger partial charge in [0.25, 0.3) is 11.7 Å². The zero-order valence-corrected chi connectivity index (χ0v) is 17.1. The number of hydrogen-bond donors (Lipinski definition) is 1. The zero-order chi connectivity index (χ0) is 19.8. The lowest BCUT2D eigenvalue weighted by molar-refractivity contribution is 0.101. The molecule has 1 amide bonds. The molecule has 0 atom stereocenters. The Morgan fingerprint density at radius 1 is 1.21 bits per heavy atom. The van der Waals surface area contributed by atoms with E-state index >= 15 is 0 Å². The average Bonchev–Trinajstić information content (AvgIpc) is 3.25. The van der Waals surface area contributed by atoms with E-state index < -0.39 is 5.91 Å². The van der Waals surface area contributed by atoms with Crippen molar-refractivity contribution in [3.63, 3.8) is 0 Å². The third-order valence-corrected chi connectivity index (χ3v) is 5.53. The maximum absolute atomic E-state index is 12.5. The Morgan fingerprint density at radius 3 is 2.82 bits per heavy atom. The highest BCUT2D eigenvalue weighted by Gasteiger charge is 2.16. The summed E-state index contributed by atoms with van der Waals surface area (Å²) in [6, 6.07) is 7.87. The molecule has 3 heterocycles. The van der Waals surface area contributed by atoms with E-state index in [0.717, 1.165) is 32.4 Å². The molecule has 142 valence electrons. The highest BCUT2D eigenvalue weighted by Crippen LogP contribution is 2.24. The molecule has 0 aliphatic heterocycles. The fourth-order valence-corrected chi connectivity index (χ4v) is 3.85. The van der Waals surface area contributed by atoms with Crippen LogP contribution in [0.2, 0.25) is 5.02 Å². The predicted octanol–water partition coefficient (Wildman–Crippen LogP) is 4.00. The lowest BCUT2D eigenvalue weighted by Crippen LogP contribution is -2.13. The number of nitrogens with one attached hydrogen (secondary N) is 1. The van der Waals surface area contributed by atoms with Crippen LogP contribution in [0.3, 0.4) is 0 Å². The minimum Gasteiger partial charge on any atom is -0.295 e. The van der Waals surface area contributed by atoms with Gasteiger partial charge >= 0.3 is 0 Å². The minimum absolute atomic E-state index is 0.0586. The number of thiazole rings is 1. The molecule has 0 saturated carbocycles. The fourth-order valence-electron chi connectivity index (χ4n) is 2.81. The van der Waals surface area contributed by atoms with Crippen LogP contribution in [0.4, 0.5) is 5.13 Å². The number of hydrogen-bond acceptors (Lipinski definition) is 6. The van der Waals surface area contributed by atoms with Gasteiger partial charge in [0.15, 0.2) is 5.13 Å². The first-order valence-corrected chi connectivity index (χ1v) is 9.80. The summed E-state index contributed by atoms with van der Waals surface area (Å²) >= 11 is 7.60. The highest BCUT2D eigenvalue weighted by molar-refractivity contribution is 7.15. The Labute approximate surface area is 170 Å². The number of amides is 1. The van der Waals surface area contributed by atoms with Crippen LogP contribution < -0.4 is 5.32 Å². The normalized spacial score (nSPS) is 11.1. The Morgan fingerprint density at radius 2 is 2.04 bits per heavy atom. The molecule has 0 aliphatic carbocycles. The second kappa shape index (κ2) is 7.29. The number of rotatable bonds is 4. The zero-order valence-electron chi connectivity index (χ0n) is 15.5. The Bertz CT molecular complexity index is 1200. The number of aromatic nitrogens is 5. The van der Waals surface area contributed by atoms with Crippen LogP contribution in [0.25, 0.3) is 5.78 Å². The first-order chi connectivity index (χ1) is 13.4. The lowest BCUT2D eigenvalue weighted by atomic mass is 10.1. The first kappa shape index (κ1) is 18.5. The molecule has 28 heavy (non-hydrogen) atoms. The number of anilines is 1. The van der Waals surface area contributed by atoms with E-state index in [1.165, 1.54) is 11.3 Å². The molecule has 4 rings (SSSR count). The Balaban J connectivity index is 1.49. The summed E-state index contributed by atoms with van der Waals surface area (Å²) in [5.41, 5.74) is 3.83. The maximum atomic E-state index is 12.5. The van der Waals surface area contributed by atoms with Crippen molar-refractivity contribution in [1.82, 2.24) is 24.6 Å². The molecule has 7 nitrogen and oxygen atoms in total. The summed E-state index contributed by atoms with van der Waals surface area (Å²) in [6.45, 7) is 5.74. The molecule has 4 aromatic rings. The molecule has 0 unspecified atom stereocenters. The molecule has 0 spiro atoms. The van der Waals surface area contributed by atoms with Crippen molar-refractivity contribution in [2.45, 2.75) is 27.2 Å². The summed E-state index contributed by atoms with van der Waals surface area (Å²) in [5, 5.41) is 8.23. The van der Waals surface area contributed by atoms with Crippen LogP contribution in [0.15, 0.2) is 30.5 Å². The average molecular weight is 413 g/mol. The van der Waals surface area contributed by atoms with Crippen LogP contribution in [-0.2, 0) is 6.42 Å². The molecule has 1 N–H and O–H groups in total. The van der Waals surface area contributed by atoms with Crippen LogP contribution >= 0.6 is 22.9 Å². The number of nitrogens with zero attached hydrogens (tertiary/aromatic N) is 5. The molecule has 9 heteroatoms. The lowest BCUT2D eigenvalue weighted by Gasteiger charge is -2.02. The number of carbonyl (C=O) groups excluding carboxylic acids is 1. The van der Waals surface area contributed by atoms with E-state index in [9.17, 15) is 4.79 Å². The van der Waals surface area contributed by atoms with Gasteiger partial charge in [-0.1, -0.05) is 23.7 Å². The van der Waals surface area contributed by atoms with Gasteiger partial charge in [-0.3, -0.25) is 10.1 Å². The summed E-state index contributed by atoms with van der Waals surface area (Å²) in [6.07, 6.45) is 2.45. The molecule has 1 aromatic carbocycles. The Kier molecular flexibility index (Phi) is 4.82. The molecule has 0 radical (unpaired) electrons. The quantitative estimate of drug-likeness (QED) is 0.547. The molecular weight excluding hydrogens is 396 g/mol. The van der Waals surface area contributed by atoms with Gasteiger partial charge < -0.3 is 0 Å². The number of fused-ring (bicyclic) bond motifs is 1. The van der Waals surface area contributed by atoms with Crippen molar-refractivity contribution in [3.8, 4) is 0 Å². The molecule has 3 aromatic heterocycles. The summed E-state index contributed by atoms with van der Waals surface area (Å²) < 4.78 is 1.55. The van der Waals surface area contributed by atoms with Gasteiger partial charge in [-0.15, -0.1) is 16.4 Å². The van der Waals surface area contributed by atoms with Gasteiger partial charge in [-0.2, -0.15) is 4.98 Å². The van der Waals surface area contributed by atoms with E-state index in [-0.39, 0.29) is 5.82 Å². The van der Waals surface area contributed by atoms with Gasteiger partial charge in [-0.25, -0.2) is 14.5 Å². The molecular formula is C19H17ClN6OS. The van der Waals surface area contributed by atoms with Gasteiger partial charge in [0.2, 0.25) is 5.82 Å². The van der Waals surface area contributed by atoms with Crippen molar-refractivity contribution in [2.75, 3.05) is 5.32 Å². The molecule has 0 fully saturated rings. The fraction of sp³-hybridized carbons (Fsp3) is 0.211. The van der Waals surface area contributed by atoms with Crippen molar-refractivity contribution >= 4 is 39.8 Å². The molecule has 0 saturated heterocycles. The van der Waals surface area contributed by atoms with Crippen LogP contribution in [0.5, 0.6) is 0 Å². The predicted molar refractivity (Wildman–Crippen MR) is 109 cm³/mol. The van der Waals surface area contributed by atoms with Crippen LogP contribution in [0, 0.1) is 20.8 Å². The molecule has 0 bridgehead atoms. The van der Waals surface area contributed by atoms with E-state index in [2.05, 4.69) is 25.4 Å². The van der Waals surface area contributed by atoms with Gasteiger partial charge in [0.1, 0.15) is 0 Å². The van der Waals surface area contributed by atoms with E-state index in [1.807, 2.05) is 45.0 Å². The first-order valence-electron chi connectivity index (χ1n) is 8.61. The third kappa shape index (κ3) is 3.74. The SMILES string of the molecule is Cc1cc(C)n2nc(C(=O)Nc3ncc(Cc4ccc(C)c(Cl)c4)s3)nc2n1. The van der Waals surface area contributed by atoms with Crippen molar-refractivity contribution < 1.29 is 4.79 Å². The minimum atomic E-state index is -0.415. The third-order valence-electron chi connectivity index (χ3n) is 4.21. The number of carbonyl (C=O) groups is 1. The van der Waals surface area contributed by atoms with Crippen LogP contribution in [0.1, 0.15) is 38.0 Å². The van der Waals surface area contributed by atoms with E-state index in [0.29, 0.717) is 17.3 Å². The second-order valence-corrected chi connectivity index (χ2v) is 8.05. The second-order valence-electron chi connectivity index (χ2n) is 6.53. The largest absolute Gasteiger partial charge is 0.297 e. The highest BCUT2D eigenvalue weighted by atomic mass is 35.5. The van der Waals surface area contributed by atoms with Gasteiger partial charge in [0, 0.05) is 33.9 Å². The molecule has 0 aliphatic rings.